The predicted molar refractivity (Wildman–Crippen MR) is 180 cm³/mol. The number of allylic oxidation sites excluding steroid dienone is 1. The molecule has 4 amide bonds. The molecule has 1 unspecified atom stereocenters. The second-order valence-electron chi connectivity index (χ2n) is 14.8. The van der Waals surface area contributed by atoms with Crippen molar-refractivity contribution in [3.05, 3.63) is 41.5 Å². The van der Waals surface area contributed by atoms with Gasteiger partial charge in [0.1, 0.15) is 17.4 Å². The Hall–Kier alpha value is -3.28. The number of benzene rings is 1. The van der Waals surface area contributed by atoms with Crippen molar-refractivity contribution < 1.29 is 33.4 Å². The molecule has 2 saturated heterocycles. The number of epoxide rings is 2. The van der Waals surface area contributed by atoms with Crippen molar-refractivity contribution >= 4 is 29.3 Å². The minimum Gasteiger partial charge on any atom is -0.379 e. The molecule has 0 aromatic heterocycles. The van der Waals surface area contributed by atoms with E-state index in [1.807, 2.05) is 32.9 Å². The summed E-state index contributed by atoms with van der Waals surface area (Å²) in [6.45, 7) is 14.5. The summed E-state index contributed by atoms with van der Waals surface area (Å²) in [5.41, 5.74) is 1.76. The van der Waals surface area contributed by atoms with Gasteiger partial charge in [-0.05, 0) is 71.1 Å². The summed E-state index contributed by atoms with van der Waals surface area (Å²) in [6, 6.07) is 6.20. The third-order valence-corrected chi connectivity index (χ3v) is 9.72. The first-order valence-corrected chi connectivity index (χ1v) is 16.8. The molecule has 1 spiro atoms. The molecule has 1 aliphatic carbocycles. The van der Waals surface area contributed by atoms with Gasteiger partial charge in [0.2, 0.25) is 11.8 Å². The highest BCUT2D eigenvalue weighted by molar-refractivity contribution is 5.97. The zero-order valence-electron chi connectivity index (χ0n) is 29.3. The van der Waals surface area contributed by atoms with Crippen LogP contribution in [0.2, 0.25) is 0 Å². The Balaban J connectivity index is 1.20. The van der Waals surface area contributed by atoms with E-state index >= 15 is 0 Å². The number of nitrogens with one attached hydrogen (secondary N) is 4. The molecular weight excluding hydrogens is 600 g/mol. The topological polar surface area (TPSA) is 151 Å². The highest BCUT2D eigenvalue weighted by Crippen LogP contribution is 2.59. The lowest BCUT2D eigenvalue weighted by atomic mass is 9.67. The molecule has 260 valence electrons. The van der Waals surface area contributed by atoms with Crippen LogP contribution < -0.4 is 21.3 Å². The number of urea groups is 1. The Bertz CT molecular complexity index is 1330. The minimum absolute atomic E-state index is 0.00236. The number of anilines is 1. The van der Waals surface area contributed by atoms with Gasteiger partial charge in [0.05, 0.1) is 30.5 Å². The fourth-order valence-electron chi connectivity index (χ4n) is 6.67. The second kappa shape index (κ2) is 14.9. The normalized spacial score (nSPS) is 28.5. The van der Waals surface area contributed by atoms with Crippen molar-refractivity contribution in [2.24, 2.45) is 11.3 Å². The molecule has 0 bridgehead atoms. The van der Waals surface area contributed by atoms with Gasteiger partial charge >= 0.3 is 6.03 Å². The van der Waals surface area contributed by atoms with Crippen LogP contribution in [0.3, 0.4) is 0 Å². The molecular formula is C36H54N4O7. The third-order valence-electron chi connectivity index (χ3n) is 9.72. The number of hydrogen-bond donors (Lipinski definition) is 4. The average Bonchev–Trinajstić information content (AvgIpc) is 3.92. The maximum atomic E-state index is 12.9. The van der Waals surface area contributed by atoms with E-state index in [9.17, 15) is 19.2 Å². The standard InChI is InChI=1S/C36H54N4O7/c1-22(2)9-15-28-35(7,47-28)31-30(45-8)26(17-19-36(31)21-46-36)40-33(44)37-20-18-24-10-12-25(13-11-24)39-32(43)23(3)38-29(42)16-14-27(41)34(4,5)6/h9-13,23,26,28,30-31H,14-21H2,1-8H3,(H,38,42)(H,39,43)(H2,37,40,44)/t23-,26-,28-,30-,31-,35?,36+/m1/s1. The van der Waals surface area contributed by atoms with Gasteiger partial charge in [-0.2, -0.15) is 0 Å². The molecule has 7 atom stereocenters. The maximum absolute atomic E-state index is 12.9. The number of Topliss-reactive ketones (excluding diaryl/α,β-unsaturated/α-hetero) is 1. The molecule has 47 heavy (non-hydrogen) atoms. The summed E-state index contributed by atoms with van der Waals surface area (Å²) >= 11 is 0. The predicted octanol–water partition coefficient (Wildman–Crippen LogP) is 4.44. The van der Waals surface area contributed by atoms with Gasteiger partial charge in [-0.25, -0.2) is 4.79 Å². The van der Waals surface area contributed by atoms with Crippen LogP contribution in [0.15, 0.2) is 35.9 Å². The third kappa shape index (κ3) is 9.42. The van der Waals surface area contributed by atoms with Gasteiger partial charge < -0.3 is 35.5 Å². The fourth-order valence-corrected chi connectivity index (χ4v) is 6.67. The van der Waals surface area contributed by atoms with Gasteiger partial charge in [-0.1, -0.05) is 44.6 Å². The van der Waals surface area contributed by atoms with E-state index in [0.717, 1.165) is 24.8 Å². The Morgan fingerprint density at radius 1 is 1.11 bits per heavy atom. The van der Waals surface area contributed by atoms with E-state index in [4.69, 9.17) is 14.2 Å². The summed E-state index contributed by atoms with van der Waals surface area (Å²) < 4.78 is 18.3. The molecule has 3 aliphatic rings. The zero-order chi connectivity index (χ0) is 34.6. The highest BCUT2D eigenvalue weighted by atomic mass is 16.6. The Morgan fingerprint density at radius 3 is 2.38 bits per heavy atom. The van der Waals surface area contributed by atoms with Crippen molar-refractivity contribution in [1.82, 2.24) is 16.0 Å². The number of amides is 4. The van der Waals surface area contributed by atoms with Crippen molar-refractivity contribution in [1.29, 1.82) is 0 Å². The molecule has 2 heterocycles. The highest BCUT2D eigenvalue weighted by Gasteiger charge is 2.71. The first kappa shape index (κ1) is 36.6. The Kier molecular flexibility index (Phi) is 11.6. The number of ether oxygens (including phenoxy) is 3. The van der Waals surface area contributed by atoms with E-state index in [1.165, 1.54) is 5.57 Å². The number of carbonyl (C=O) groups excluding carboxylic acids is 4. The van der Waals surface area contributed by atoms with E-state index in [-0.39, 0.29) is 71.8 Å². The molecule has 1 aromatic rings. The van der Waals surface area contributed by atoms with Crippen LogP contribution in [-0.2, 0) is 35.0 Å². The lowest BCUT2D eigenvalue weighted by Gasteiger charge is -2.43. The Labute approximate surface area is 279 Å². The number of hydrogen-bond acceptors (Lipinski definition) is 7. The van der Waals surface area contributed by atoms with Crippen LogP contribution in [0.25, 0.3) is 0 Å². The van der Waals surface area contributed by atoms with Gasteiger partial charge in [0.25, 0.3) is 0 Å². The summed E-state index contributed by atoms with van der Waals surface area (Å²) in [5.74, 6) is -0.663. The smallest absolute Gasteiger partial charge is 0.315 e. The lowest BCUT2D eigenvalue weighted by Crippen LogP contribution is -2.60. The van der Waals surface area contributed by atoms with E-state index in [2.05, 4.69) is 48.1 Å². The quantitative estimate of drug-likeness (QED) is 0.171. The number of rotatable bonds is 14. The molecule has 4 N–H and O–H groups in total. The van der Waals surface area contributed by atoms with Gasteiger partial charge in [-0.15, -0.1) is 0 Å². The van der Waals surface area contributed by atoms with Crippen LogP contribution in [0.1, 0.15) is 86.1 Å². The number of carbonyl (C=O) groups is 4. The Morgan fingerprint density at radius 2 is 1.79 bits per heavy atom. The largest absolute Gasteiger partial charge is 0.379 e. The van der Waals surface area contributed by atoms with Crippen LogP contribution in [0.4, 0.5) is 10.5 Å². The molecule has 3 fully saturated rings. The van der Waals surface area contributed by atoms with Gasteiger partial charge in [-0.3, -0.25) is 14.4 Å². The molecule has 0 radical (unpaired) electrons. The van der Waals surface area contributed by atoms with Crippen LogP contribution in [0.5, 0.6) is 0 Å². The van der Waals surface area contributed by atoms with Crippen LogP contribution >= 0.6 is 0 Å². The minimum atomic E-state index is -0.752. The summed E-state index contributed by atoms with van der Waals surface area (Å²) in [6.07, 6.45) is 5.35. The molecule has 2 aliphatic heterocycles. The average molecular weight is 655 g/mol. The van der Waals surface area contributed by atoms with Gasteiger partial charge in [0.15, 0.2) is 0 Å². The summed E-state index contributed by atoms with van der Waals surface area (Å²) in [5, 5.41) is 11.6. The van der Waals surface area contributed by atoms with E-state index < -0.39 is 11.5 Å². The van der Waals surface area contributed by atoms with Crippen LogP contribution in [-0.4, -0.2) is 79.4 Å². The number of methoxy groups -OCH3 is 1. The second-order valence-corrected chi connectivity index (χ2v) is 14.8. The van der Waals surface area contributed by atoms with E-state index in [0.29, 0.717) is 25.3 Å². The summed E-state index contributed by atoms with van der Waals surface area (Å²) in [7, 11) is 1.70. The molecule has 1 aromatic carbocycles. The molecule has 1 saturated carbocycles. The lowest BCUT2D eigenvalue weighted by molar-refractivity contribution is -0.130. The monoisotopic (exact) mass is 654 g/mol. The summed E-state index contributed by atoms with van der Waals surface area (Å²) in [4.78, 5) is 49.8. The first-order chi connectivity index (χ1) is 22.1. The van der Waals surface area contributed by atoms with Gasteiger partial charge in [0, 0.05) is 43.5 Å². The number of ketones is 1. The van der Waals surface area contributed by atoms with Crippen molar-refractivity contribution in [2.75, 3.05) is 25.6 Å². The molecule has 11 nitrogen and oxygen atoms in total. The zero-order valence-corrected chi connectivity index (χ0v) is 29.3. The van der Waals surface area contributed by atoms with E-state index in [1.54, 1.807) is 26.2 Å². The molecule has 11 heteroatoms. The van der Waals surface area contributed by atoms with Crippen molar-refractivity contribution in [3.8, 4) is 0 Å². The van der Waals surface area contributed by atoms with Crippen molar-refractivity contribution in [2.45, 2.75) is 122 Å². The first-order valence-electron chi connectivity index (χ1n) is 16.8. The van der Waals surface area contributed by atoms with Crippen molar-refractivity contribution in [3.63, 3.8) is 0 Å². The SMILES string of the molecule is CO[C@H]1[C@H](C2(C)O[C@@H]2CC=C(C)C)[C@]2(CC[C@H]1NC(=O)NCCc1ccc(NC(=O)[C@@H](C)NC(=O)CCC(=O)C(C)(C)C)cc1)CO2. The fraction of sp³-hybridized carbons (Fsp3) is 0.667. The molecule has 4 rings (SSSR count). The van der Waals surface area contributed by atoms with Crippen LogP contribution in [0, 0.1) is 11.3 Å². The maximum Gasteiger partial charge on any atom is 0.315 e.